The van der Waals surface area contributed by atoms with Crippen molar-refractivity contribution in [2.75, 3.05) is 6.54 Å². The van der Waals surface area contributed by atoms with Crippen LogP contribution >= 0.6 is 0 Å². The van der Waals surface area contributed by atoms with E-state index in [4.69, 9.17) is 5.73 Å². The number of hydrogen-bond acceptors (Lipinski definition) is 1. The molecule has 2 N–H and O–H groups in total. The van der Waals surface area contributed by atoms with Crippen LogP contribution in [0.5, 0.6) is 0 Å². The largest absolute Gasteiger partial charge is 0.330 e. The first-order valence-corrected chi connectivity index (χ1v) is 6.10. The summed E-state index contributed by atoms with van der Waals surface area (Å²) in [5, 5.41) is 0. The lowest BCUT2D eigenvalue weighted by molar-refractivity contribution is 0.209. The molecule has 0 unspecified atom stereocenters. The Morgan fingerprint density at radius 3 is 1.85 bits per heavy atom. The zero-order valence-electron chi connectivity index (χ0n) is 8.67. The summed E-state index contributed by atoms with van der Waals surface area (Å²) in [6, 6.07) is 0. The zero-order valence-corrected chi connectivity index (χ0v) is 8.67. The fraction of sp³-hybridized carbons (Fsp3) is 1.00. The lowest BCUT2D eigenvalue weighted by atomic mass is 9.75. The van der Waals surface area contributed by atoms with Crippen molar-refractivity contribution in [3.05, 3.63) is 0 Å². The minimum absolute atomic E-state index is 0.859. The lowest BCUT2D eigenvalue weighted by Crippen LogP contribution is -2.24. The summed E-state index contributed by atoms with van der Waals surface area (Å²) in [5.41, 5.74) is 5.70. The summed E-state index contributed by atoms with van der Waals surface area (Å²) in [5.74, 6) is 3.03. The van der Waals surface area contributed by atoms with E-state index in [1.54, 1.807) is 0 Å². The first-order valence-electron chi connectivity index (χ1n) is 6.10. The van der Waals surface area contributed by atoms with Crippen LogP contribution in [0.3, 0.4) is 0 Å². The molecule has 0 atom stereocenters. The van der Waals surface area contributed by atoms with Crippen LogP contribution in [0.25, 0.3) is 0 Å². The predicted octanol–water partition coefficient (Wildman–Crippen LogP) is 2.94. The molecule has 2 aliphatic rings. The summed E-state index contributed by atoms with van der Waals surface area (Å²) in [6.07, 6.45) is 11.8. The highest BCUT2D eigenvalue weighted by molar-refractivity contribution is 4.80. The van der Waals surface area contributed by atoms with Crippen molar-refractivity contribution in [1.29, 1.82) is 0 Å². The average Bonchev–Trinajstić information content (AvgIpc) is 2.71. The van der Waals surface area contributed by atoms with Crippen molar-refractivity contribution in [2.24, 2.45) is 23.5 Å². The van der Waals surface area contributed by atoms with Crippen LogP contribution in [0.2, 0.25) is 0 Å². The predicted molar refractivity (Wildman–Crippen MR) is 56.5 cm³/mol. The molecule has 2 aliphatic carbocycles. The molecule has 0 radical (unpaired) electrons. The molecule has 0 bridgehead atoms. The van der Waals surface area contributed by atoms with Crippen LogP contribution in [-0.2, 0) is 0 Å². The van der Waals surface area contributed by atoms with Crippen LogP contribution in [0, 0.1) is 17.8 Å². The maximum atomic E-state index is 5.70. The van der Waals surface area contributed by atoms with Gasteiger partial charge < -0.3 is 5.73 Å². The van der Waals surface area contributed by atoms with E-state index in [9.17, 15) is 0 Å². The van der Waals surface area contributed by atoms with Gasteiger partial charge in [0.05, 0.1) is 0 Å². The van der Waals surface area contributed by atoms with Crippen LogP contribution in [0.15, 0.2) is 0 Å². The van der Waals surface area contributed by atoms with Crippen LogP contribution in [0.4, 0.5) is 0 Å². The SMILES string of the molecule is NCC1CCC(C2CCCC2)CC1. The lowest BCUT2D eigenvalue weighted by Gasteiger charge is -2.31. The van der Waals surface area contributed by atoms with Gasteiger partial charge in [0.1, 0.15) is 0 Å². The van der Waals surface area contributed by atoms with Gasteiger partial charge in [-0.05, 0) is 50.0 Å². The first kappa shape index (κ1) is 9.51. The van der Waals surface area contributed by atoms with Gasteiger partial charge in [-0.1, -0.05) is 25.7 Å². The van der Waals surface area contributed by atoms with Crippen molar-refractivity contribution < 1.29 is 0 Å². The summed E-state index contributed by atoms with van der Waals surface area (Å²) in [7, 11) is 0. The van der Waals surface area contributed by atoms with Gasteiger partial charge >= 0.3 is 0 Å². The molecule has 0 saturated heterocycles. The van der Waals surface area contributed by atoms with E-state index < -0.39 is 0 Å². The number of nitrogens with two attached hydrogens (primary N) is 1. The number of rotatable bonds is 2. The molecule has 2 saturated carbocycles. The molecular formula is C12H23N. The van der Waals surface area contributed by atoms with Crippen molar-refractivity contribution in [3.8, 4) is 0 Å². The molecule has 1 nitrogen and oxygen atoms in total. The Balaban J connectivity index is 1.77. The monoisotopic (exact) mass is 181 g/mol. The Bertz CT molecular complexity index is 141. The topological polar surface area (TPSA) is 26.0 Å². The Morgan fingerprint density at radius 2 is 1.31 bits per heavy atom. The van der Waals surface area contributed by atoms with E-state index in [2.05, 4.69) is 0 Å². The zero-order chi connectivity index (χ0) is 9.10. The van der Waals surface area contributed by atoms with Crippen LogP contribution < -0.4 is 5.73 Å². The molecule has 2 fully saturated rings. The summed E-state index contributed by atoms with van der Waals surface area (Å²) < 4.78 is 0. The fourth-order valence-corrected chi connectivity index (χ4v) is 3.32. The molecular weight excluding hydrogens is 158 g/mol. The molecule has 0 heterocycles. The Hall–Kier alpha value is -0.0400. The highest BCUT2D eigenvalue weighted by Gasteiger charge is 2.28. The third-order valence-electron chi connectivity index (χ3n) is 4.29. The van der Waals surface area contributed by atoms with E-state index in [1.807, 2.05) is 0 Å². The van der Waals surface area contributed by atoms with Crippen molar-refractivity contribution in [1.82, 2.24) is 0 Å². The third-order valence-corrected chi connectivity index (χ3v) is 4.29. The molecule has 0 aromatic carbocycles. The molecule has 13 heavy (non-hydrogen) atoms. The van der Waals surface area contributed by atoms with Crippen LogP contribution in [0.1, 0.15) is 51.4 Å². The van der Waals surface area contributed by atoms with Gasteiger partial charge in [-0.3, -0.25) is 0 Å². The van der Waals surface area contributed by atoms with Gasteiger partial charge in [0.15, 0.2) is 0 Å². The first-order chi connectivity index (χ1) is 6.40. The van der Waals surface area contributed by atoms with E-state index in [0.29, 0.717) is 0 Å². The Labute approximate surface area is 82.1 Å². The van der Waals surface area contributed by atoms with Gasteiger partial charge in [0, 0.05) is 0 Å². The van der Waals surface area contributed by atoms with Gasteiger partial charge in [0.2, 0.25) is 0 Å². The molecule has 0 spiro atoms. The summed E-state index contributed by atoms with van der Waals surface area (Å²) in [4.78, 5) is 0. The van der Waals surface area contributed by atoms with Gasteiger partial charge in [0.25, 0.3) is 0 Å². The van der Waals surface area contributed by atoms with E-state index in [0.717, 1.165) is 24.3 Å². The van der Waals surface area contributed by atoms with E-state index in [1.165, 1.54) is 51.4 Å². The second kappa shape index (κ2) is 4.45. The summed E-state index contributed by atoms with van der Waals surface area (Å²) in [6.45, 7) is 0.928. The van der Waals surface area contributed by atoms with Crippen molar-refractivity contribution in [2.45, 2.75) is 51.4 Å². The quantitative estimate of drug-likeness (QED) is 0.696. The highest BCUT2D eigenvalue weighted by atomic mass is 14.6. The highest BCUT2D eigenvalue weighted by Crippen LogP contribution is 2.40. The smallest absolute Gasteiger partial charge is 0.00489 e. The third kappa shape index (κ3) is 2.25. The molecule has 2 rings (SSSR count). The number of hydrogen-bond donors (Lipinski definition) is 1. The molecule has 0 aromatic rings. The maximum absolute atomic E-state index is 5.70. The maximum Gasteiger partial charge on any atom is -0.00489 e. The van der Waals surface area contributed by atoms with Crippen molar-refractivity contribution in [3.63, 3.8) is 0 Å². The minimum Gasteiger partial charge on any atom is -0.330 e. The average molecular weight is 181 g/mol. The Morgan fingerprint density at radius 1 is 0.769 bits per heavy atom. The molecule has 0 amide bonds. The van der Waals surface area contributed by atoms with Gasteiger partial charge in [-0.25, -0.2) is 0 Å². The normalized spacial score (nSPS) is 36.7. The minimum atomic E-state index is 0.859. The second-order valence-corrected chi connectivity index (χ2v) is 5.06. The molecule has 1 heteroatoms. The molecule has 0 aromatic heterocycles. The van der Waals surface area contributed by atoms with Crippen molar-refractivity contribution >= 4 is 0 Å². The molecule has 76 valence electrons. The second-order valence-electron chi connectivity index (χ2n) is 5.06. The van der Waals surface area contributed by atoms with Gasteiger partial charge in [-0.15, -0.1) is 0 Å². The standard InChI is InChI=1S/C12H23N/c13-9-10-5-7-12(8-6-10)11-3-1-2-4-11/h10-12H,1-9,13H2. The fourth-order valence-electron chi connectivity index (χ4n) is 3.32. The van der Waals surface area contributed by atoms with Gasteiger partial charge in [-0.2, -0.15) is 0 Å². The Kier molecular flexibility index (Phi) is 3.26. The molecule has 0 aliphatic heterocycles. The van der Waals surface area contributed by atoms with E-state index in [-0.39, 0.29) is 0 Å². The summed E-state index contributed by atoms with van der Waals surface area (Å²) >= 11 is 0. The van der Waals surface area contributed by atoms with Crippen LogP contribution in [-0.4, -0.2) is 6.54 Å². The van der Waals surface area contributed by atoms with E-state index >= 15 is 0 Å².